The molecule has 2 aliphatic heterocycles. The van der Waals surface area contributed by atoms with Crippen molar-refractivity contribution < 1.29 is 4.43 Å². The number of anilines is 2. The zero-order valence-electron chi connectivity index (χ0n) is 18.4. The highest BCUT2D eigenvalue weighted by molar-refractivity contribution is 7.05. The van der Waals surface area contributed by atoms with Gasteiger partial charge in [-0.05, 0) is 85.3 Å². The molecule has 2 nitrogen and oxygen atoms in total. The molecule has 0 fully saturated rings. The van der Waals surface area contributed by atoms with Crippen LogP contribution in [0.3, 0.4) is 0 Å². The van der Waals surface area contributed by atoms with E-state index in [9.17, 15) is 0 Å². The fourth-order valence-corrected chi connectivity index (χ4v) is 9.71. The van der Waals surface area contributed by atoms with Crippen molar-refractivity contribution in [2.24, 2.45) is 0 Å². The molecule has 0 amide bonds. The van der Waals surface area contributed by atoms with Crippen LogP contribution in [0.5, 0.6) is 5.75 Å². The summed E-state index contributed by atoms with van der Waals surface area (Å²) in [5.41, 5.74) is 10.1. The Kier molecular flexibility index (Phi) is 3.78. The Morgan fingerprint density at radius 3 is 1.81 bits per heavy atom. The largest absolute Gasteiger partial charge is 0.516 e. The molecule has 0 aliphatic carbocycles. The van der Waals surface area contributed by atoms with E-state index >= 15 is 0 Å². The maximum atomic E-state index is 7.16. The van der Waals surface area contributed by atoms with Crippen molar-refractivity contribution in [1.29, 1.82) is 0 Å². The number of nitrogens with zero attached hydrogens (tertiary/aromatic N) is 1. The number of hydrogen-bond donors (Lipinski definition) is 0. The van der Waals surface area contributed by atoms with Gasteiger partial charge in [0.2, 0.25) is 0 Å². The van der Waals surface area contributed by atoms with Crippen LogP contribution in [-0.4, -0.2) is 8.48 Å². The predicted molar refractivity (Wildman–Crippen MR) is 131 cm³/mol. The summed E-state index contributed by atoms with van der Waals surface area (Å²) in [6, 6.07) is 29.0. The molecular formula is C28H25NOSi. The average Bonchev–Trinajstić information content (AvgIpc) is 3.21. The Balaban J connectivity index is 1.74. The molecule has 6 rings (SSSR count). The smallest absolute Gasteiger partial charge is 0.435 e. The van der Waals surface area contributed by atoms with Crippen LogP contribution in [0.4, 0.5) is 11.4 Å². The van der Waals surface area contributed by atoms with Gasteiger partial charge in [0, 0.05) is 16.1 Å². The first-order valence-corrected chi connectivity index (χ1v) is 12.7. The molecule has 31 heavy (non-hydrogen) atoms. The zero-order valence-corrected chi connectivity index (χ0v) is 19.4. The van der Waals surface area contributed by atoms with E-state index in [0.29, 0.717) is 0 Å². The standard InChI is InChI=1S/C28H25NOSi/c1-18-13-19(2)15-22(14-18)29-25-16-20(3)21(4)17-26(25)30-31(29)27-11-7-5-9-23(27)24-10-6-8-12-28(24)31/h5-17H,1-4H3. The first kappa shape index (κ1) is 18.5. The molecule has 0 saturated heterocycles. The summed E-state index contributed by atoms with van der Waals surface area (Å²) in [6.45, 7) is 8.72. The summed E-state index contributed by atoms with van der Waals surface area (Å²) in [5.74, 6) is 1.00. The van der Waals surface area contributed by atoms with Crippen LogP contribution >= 0.6 is 0 Å². The van der Waals surface area contributed by atoms with Gasteiger partial charge in [-0.1, -0.05) is 54.6 Å². The number of fused-ring (bicyclic) bond motifs is 6. The molecule has 152 valence electrons. The van der Waals surface area contributed by atoms with Gasteiger partial charge in [-0.15, -0.1) is 0 Å². The molecule has 0 radical (unpaired) electrons. The molecule has 0 aromatic heterocycles. The quantitative estimate of drug-likeness (QED) is 0.368. The van der Waals surface area contributed by atoms with Gasteiger partial charge in [0.15, 0.2) is 0 Å². The van der Waals surface area contributed by atoms with Crippen molar-refractivity contribution in [3.8, 4) is 16.9 Å². The lowest BCUT2D eigenvalue weighted by Gasteiger charge is -2.34. The molecule has 0 unspecified atom stereocenters. The third-order valence-electron chi connectivity index (χ3n) is 6.73. The van der Waals surface area contributed by atoms with Crippen LogP contribution in [0.1, 0.15) is 22.3 Å². The van der Waals surface area contributed by atoms with Crippen molar-refractivity contribution in [2.45, 2.75) is 27.7 Å². The molecule has 1 spiro atoms. The topological polar surface area (TPSA) is 12.5 Å². The lowest BCUT2D eigenvalue weighted by atomic mass is 10.1. The Bertz CT molecular complexity index is 1310. The first-order chi connectivity index (χ1) is 15.0. The average molecular weight is 420 g/mol. The maximum Gasteiger partial charge on any atom is 0.435 e. The fraction of sp³-hybridized carbons (Fsp3) is 0.143. The fourth-order valence-electron chi connectivity index (χ4n) is 5.33. The monoisotopic (exact) mass is 419 g/mol. The molecular weight excluding hydrogens is 394 g/mol. The normalized spacial score (nSPS) is 14.9. The Hall–Kier alpha value is -3.30. The first-order valence-electron chi connectivity index (χ1n) is 10.9. The summed E-state index contributed by atoms with van der Waals surface area (Å²) in [6.07, 6.45) is 0. The van der Waals surface area contributed by atoms with Gasteiger partial charge in [-0.2, -0.15) is 0 Å². The molecule has 0 N–H and O–H groups in total. The van der Waals surface area contributed by atoms with Gasteiger partial charge in [0.1, 0.15) is 5.75 Å². The van der Waals surface area contributed by atoms with Gasteiger partial charge >= 0.3 is 8.48 Å². The highest BCUT2D eigenvalue weighted by atomic mass is 28.4. The maximum absolute atomic E-state index is 7.16. The van der Waals surface area contributed by atoms with Crippen LogP contribution in [0.15, 0.2) is 78.9 Å². The SMILES string of the molecule is Cc1cc(C)cc(N2c3cc(C)c(C)cc3O[Si]23c2ccccc2-c2ccccc23)c1. The van der Waals surface area contributed by atoms with Crippen LogP contribution in [-0.2, 0) is 0 Å². The summed E-state index contributed by atoms with van der Waals surface area (Å²) in [5, 5.41) is 2.67. The highest BCUT2D eigenvalue weighted by Gasteiger charge is 2.60. The Morgan fingerprint density at radius 2 is 1.19 bits per heavy atom. The van der Waals surface area contributed by atoms with Crippen LogP contribution in [0, 0.1) is 27.7 Å². The molecule has 3 heteroatoms. The second-order valence-electron chi connectivity index (χ2n) is 8.92. The van der Waals surface area contributed by atoms with Crippen molar-refractivity contribution in [3.63, 3.8) is 0 Å². The van der Waals surface area contributed by atoms with Crippen molar-refractivity contribution >= 4 is 30.2 Å². The van der Waals surface area contributed by atoms with E-state index in [1.165, 1.54) is 55.1 Å². The van der Waals surface area contributed by atoms with Crippen molar-refractivity contribution in [1.82, 2.24) is 0 Å². The lowest BCUT2D eigenvalue weighted by molar-refractivity contribution is 0.588. The van der Waals surface area contributed by atoms with Gasteiger partial charge in [0.05, 0.1) is 5.69 Å². The van der Waals surface area contributed by atoms with E-state index in [1.54, 1.807) is 0 Å². The van der Waals surface area contributed by atoms with Gasteiger partial charge in [-0.25, -0.2) is 0 Å². The summed E-state index contributed by atoms with van der Waals surface area (Å²) >= 11 is 0. The van der Waals surface area contributed by atoms with Gasteiger partial charge in [-0.3, -0.25) is 0 Å². The van der Waals surface area contributed by atoms with E-state index < -0.39 is 8.48 Å². The molecule has 0 atom stereocenters. The van der Waals surface area contributed by atoms with E-state index in [1.807, 2.05) is 0 Å². The predicted octanol–water partition coefficient (Wildman–Crippen LogP) is 5.69. The minimum Gasteiger partial charge on any atom is -0.516 e. The number of rotatable bonds is 1. The Labute approximate surface area is 185 Å². The molecule has 4 aromatic carbocycles. The molecule has 4 aromatic rings. The summed E-state index contributed by atoms with van der Waals surface area (Å²) in [4.78, 5) is 0. The van der Waals surface area contributed by atoms with Gasteiger partial charge < -0.3 is 8.99 Å². The summed E-state index contributed by atoms with van der Waals surface area (Å²) in [7, 11) is -2.74. The molecule has 0 bridgehead atoms. The molecule has 2 heterocycles. The van der Waals surface area contributed by atoms with E-state index in [2.05, 4.69) is 111 Å². The molecule has 2 aliphatic rings. The minimum atomic E-state index is -2.74. The van der Waals surface area contributed by atoms with Gasteiger partial charge in [0.25, 0.3) is 0 Å². The molecule has 0 saturated carbocycles. The summed E-state index contributed by atoms with van der Waals surface area (Å²) < 4.78 is 9.71. The zero-order chi connectivity index (χ0) is 21.3. The van der Waals surface area contributed by atoms with E-state index in [4.69, 9.17) is 4.43 Å². The van der Waals surface area contributed by atoms with Crippen LogP contribution < -0.4 is 19.4 Å². The third kappa shape index (κ3) is 2.44. The lowest BCUT2D eigenvalue weighted by Crippen LogP contribution is -2.69. The van der Waals surface area contributed by atoms with E-state index in [0.717, 1.165) is 5.75 Å². The second kappa shape index (κ2) is 6.35. The van der Waals surface area contributed by atoms with Crippen LogP contribution in [0.25, 0.3) is 11.1 Å². The van der Waals surface area contributed by atoms with E-state index in [-0.39, 0.29) is 0 Å². The van der Waals surface area contributed by atoms with Crippen LogP contribution in [0.2, 0.25) is 0 Å². The minimum absolute atomic E-state index is 1.00. The second-order valence-corrected chi connectivity index (χ2v) is 11.9. The number of hydrogen-bond acceptors (Lipinski definition) is 2. The highest BCUT2D eigenvalue weighted by Crippen LogP contribution is 2.49. The number of benzene rings is 4. The van der Waals surface area contributed by atoms with Crippen molar-refractivity contribution in [2.75, 3.05) is 4.57 Å². The third-order valence-corrected chi connectivity index (χ3v) is 10.7. The Morgan fingerprint density at radius 1 is 0.645 bits per heavy atom. The number of aryl methyl sites for hydroxylation is 4. The van der Waals surface area contributed by atoms with Crippen molar-refractivity contribution in [3.05, 3.63) is 101 Å².